The molecular weight excluding hydrogens is 414 g/mol. The fourth-order valence-electron chi connectivity index (χ4n) is 3.39. The van der Waals surface area contributed by atoms with Gasteiger partial charge in [-0.25, -0.2) is 13.1 Å². The molecule has 1 aromatic heterocycles. The Morgan fingerprint density at radius 2 is 1.93 bits per heavy atom. The number of halogens is 1. The van der Waals surface area contributed by atoms with E-state index in [0.29, 0.717) is 10.6 Å². The summed E-state index contributed by atoms with van der Waals surface area (Å²) in [7, 11) is -3.59. The summed E-state index contributed by atoms with van der Waals surface area (Å²) >= 11 is 7.25. The molecule has 7 heteroatoms. The predicted octanol–water partition coefficient (Wildman–Crippen LogP) is 4.57. The van der Waals surface area contributed by atoms with Gasteiger partial charge < -0.3 is 5.11 Å². The second-order valence-corrected chi connectivity index (χ2v) is 10.7. The topological polar surface area (TPSA) is 66.4 Å². The number of aliphatic hydroxyl groups excluding tert-OH is 1. The highest BCUT2D eigenvalue weighted by molar-refractivity contribution is 7.91. The largest absolute Gasteiger partial charge is 0.392 e. The number of thiophene rings is 1. The Balaban J connectivity index is 1.54. The van der Waals surface area contributed by atoms with Crippen LogP contribution in [-0.4, -0.2) is 19.6 Å². The van der Waals surface area contributed by atoms with Crippen molar-refractivity contribution in [3.63, 3.8) is 0 Å². The number of benzene rings is 2. The Kier molecular flexibility index (Phi) is 5.10. The number of hydrogen-bond donors (Lipinski definition) is 2. The minimum atomic E-state index is -3.59. The van der Waals surface area contributed by atoms with Crippen LogP contribution in [0.4, 0.5) is 0 Å². The number of aliphatic hydroxyl groups is 1. The van der Waals surface area contributed by atoms with Crippen molar-refractivity contribution in [1.82, 2.24) is 4.72 Å². The lowest BCUT2D eigenvalue weighted by Crippen LogP contribution is -2.29. The molecule has 146 valence electrons. The number of nitrogens with one attached hydrogen (secondary N) is 1. The first-order valence-corrected chi connectivity index (χ1v) is 11.6. The van der Waals surface area contributed by atoms with Gasteiger partial charge in [0.15, 0.2) is 0 Å². The first kappa shape index (κ1) is 19.6. The minimum absolute atomic E-state index is 0.109. The van der Waals surface area contributed by atoms with Crippen molar-refractivity contribution in [2.24, 2.45) is 0 Å². The van der Waals surface area contributed by atoms with Crippen molar-refractivity contribution in [3.05, 3.63) is 76.8 Å². The second-order valence-electron chi connectivity index (χ2n) is 7.24. The van der Waals surface area contributed by atoms with Gasteiger partial charge in [0.05, 0.1) is 6.61 Å². The zero-order chi connectivity index (χ0) is 19.9. The molecule has 28 heavy (non-hydrogen) atoms. The zero-order valence-corrected chi connectivity index (χ0v) is 17.6. The lowest BCUT2D eigenvalue weighted by Gasteiger charge is -2.12. The molecule has 4 rings (SSSR count). The highest BCUT2D eigenvalue weighted by Gasteiger charge is 2.53. The first-order valence-electron chi connectivity index (χ1n) is 8.91. The molecule has 0 aliphatic heterocycles. The van der Waals surface area contributed by atoms with Crippen molar-refractivity contribution in [3.8, 4) is 10.4 Å². The van der Waals surface area contributed by atoms with Gasteiger partial charge >= 0.3 is 0 Å². The predicted molar refractivity (Wildman–Crippen MR) is 113 cm³/mol. The molecule has 0 spiro atoms. The van der Waals surface area contributed by atoms with Crippen molar-refractivity contribution in [1.29, 1.82) is 0 Å². The molecule has 0 radical (unpaired) electrons. The van der Waals surface area contributed by atoms with E-state index in [0.717, 1.165) is 22.4 Å². The molecule has 0 saturated heterocycles. The van der Waals surface area contributed by atoms with Gasteiger partial charge in [0.25, 0.3) is 0 Å². The third-order valence-corrected chi connectivity index (χ3v) is 8.78. The average Bonchev–Trinajstić information content (AvgIpc) is 3.09. The normalized spacial score (nSPS) is 21.6. The maximum Gasteiger partial charge on any atom is 0.250 e. The first-order chi connectivity index (χ1) is 13.3. The number of hydrogen-bond acceptors (Lipinski definition) is 4. The molecule has 2 N–H and O–H groups in total. The molecule has 0 bridgehead atoms. The van der Waals surface area contributed by atoms with Crippen molar-refractivity contribution in [2.45, 2.75) is 35.6 Å². The molecule has 0 amide bonds. The van der Waals surface area contributed by atoms with E-state index in [1.54, 1.807) is 24.3 Å². The van der Waals surface area contributed by atoms with E-state index < -0.39 is 10.0 Å². The Labute approximate surface area is 173 Å². The van der Waals surface area contributed by atoms with Gasteiger partial charge in [-0.2, -0.15) is 0 Å². The van der Waals surface area contributed by atoms with E-state index in [1.807, 2.05) is 36.4 Å². The molecule has 3 aromatic rings. The van der Waals surface area contributed by atoms with Gasteiger partial charge in [0, 0.05) is 21.4 Å². The van der Waals surface area contributed by atoms with E-state index in [2.05, 4.69) is 11.6 Å². The third kappa shape index (κ3) is 3.63. The maximum absolute atomic E-state index is 12.9. The molecule has 4 nitrogen and oxygen atoms in total. The summed E-state index contributed by atoms with van der Waals surface area (Å²) in [6.07, 6.45) is 0.783. The van der Waals surface area contributed by atoms with Crippen LogP contribution in [0.5, 0.6) is 0 Å². The lowest BCUT2D eigenvalue weighted by atomic mass is 9.98. The molecule has 1 aliphatic rings. The van der Waals surface area contributed by atoms with Crippen LogP contribution >= 0.6 is 22.9 Å². The Morgan fingerprint density at radius 1 is 1.18 bits per heavy atom. The number of rotatable bonds is 6. The second kappa shape index (κ2) is 7.28. The van der Waals surface area contributed by atoms with Crippen molar-refractivity contribution in [2.75, 3.05) is 0 Å². The van der Waals surface area contributed by atoms with E-state index in [9.17, 15) is 13.5 Å². The summed E-state index contributed by atoms with van der Waals surface area (Å²) in [5.41, 5.74) is 2.43. The smallest absolute Gasteiger partial charge is 0.250 e. The quantitative estimate of drug-likeness (QED) is 0.598. The Hall–Kier alpha value is -1.70. The highest BCUT2D eigenvalue weighted by Crippen LogP contribution is 2.48. The summed E-state index contributed by atoms with van der Waals surface area (Å²) in [6.45, 7) is 1.92. The molecule has 1 fully saturated rings. The molecule has 0 unspecified atom stereocenters. The minimum Gasteiger partial charge on any atom is -0.392 e. The van der Waals surface area contributed by atoms with Crippen LogP contribution in [0, 0.1) is 0 Å². The molecule has 2 aromatic carbocycles. The van der Waals surface area contributed by atoms with E-state index >= 15 is 0 Å². The molecule has 1 saturated carbocycles. The Bertz CT molecular complexity index is 1110. The van der Waals surface area contributed by atoms with Gasteiger partial charge in [0.2, 0.25) is 10.0 Å². The fraction of sp³-hybridized carbons (Fsp3) is 0.238. The fourth-order valence-corrected chi connectivity index (χ4v) is 6.23. The van der Waals surface area contributed by atoms with E-state index in [4.69, 9.17) is 11.6 Å². The van der Waals surface area contributed by atoms with Crippen molar-refractivity contribution >= 4 is 33.0 Å². The van der Waals surface area contributed by atoms with E-state index in [-0.39, 0.29) is 22.3 Å². The van der Waals surface area contributed by atoms with Gasteiger partial charge in [0.1, 0.15) is 4.21 Å². The maximum atomic E-state index is 12.9. The van der Waals surface area contributed by atoms with Crippen LogP contribution in [0.1, 0.15) is 24.5 Å². The van der Waals surface area contributed by atoms with Crippen LogP contribution < -0.4 is 4.72 Å². The summed E-state index contributed by atoms with van der Waals surface area (Å²) in [5, 5.41) is 9.88. The Morgan fingerprint density at radius 3 is 2.64 bits per heavy atom. The molecule has 1 heterocycles. The highest BCUT2D eigenvalue weighted by atomic mass is 35.5. The van der Waals surface area contributed by atoms with Crippen molar-refractivity contribution < 1.29 is 13.5 Å². The van der Waals surface area contributed by atoms with Gasteiger partial charge in [-0.3, -0.25) is 0 Å². The van der Waals surface area contributed by atoms with Gasteiger partial charge in [-0.1, -0.05) is 54.9 Å². The van der Waals surface area contributed by atoms with Crippen LogP contribution in [-0.2, 0) is 22.0 Å². The molecular formula is C21H20ClNO3S2. The monoisotopic (exact) mass is 433 g/mol. The average molecular weight is 434 g/mol. The van der Waals surface area contributed by atoms with Crippen LogP contribution in [0.25, 0.3) is 10.4 Å². The standard InChI is InChI=1S/C21H20ClNO3S2/c1-21(16-5-3-2-4-6-16)12-19(21)23-28(25,26)20-10-9-18(27-20)14-7-8-17(22)15(11-14)13-24/h2-11,19,23-24H,12-13H2,1H3/t19-,21+/m0/s1. The number of sulfonamides is 1. The zero-order valence-electron chi connectivity index (χ0n) is 15.2. The van der Waals surface area contributed by atoms with E-state index in [1.165, 1.54) is 11.3 Å². The molecule has 2 atom stereocenters. The van der Waals surface area contributed by atoms with Crippen LogP contribution in [0.3, 0.4) is 0 Å². The summed E-state index contributed by atoms with van der Waals surface area (Å²) in [4.78, 5) is 0.813. The molecule has 1 aliphatic carbocycles. The van der Waals surface area contributed by atoms with Gasteiger partial charge in [-0.05, 0) is 47.4 Å². The SMILES string of the molecule is C[C@]1(c2ccccc2)C[C@@H]1NS(=O)(=O)c1ccc(-c2ccc(Cl)c(CO)c2)s1. The van der Waals surface area contributed by atoms with Crippen LogP contribution in [0.15, 0.2) is 64.9 Å². The summed E-state index contributed by atoms with van der Waals surface area (Å²) in [6, 6.07) is 18.6. The summed E-state index contributed by atoms with van der Waals surface area (Å²) in [5.74, 6) is 0. The van der Waals surface area contributed by atoms with Crippen LogP contribution in [0.2, 0.25) is 5.02 Å². The summed E-state index contributed by atoms with van der Waals surface area (Å²) < 4.78 is 28.9. The lowest BCUT2D eigenvalue weighted by molar-refractivity contribution is 0.282. The van der Waals surface area contributed by atoms with Gasteiger partial charge in [-0.15, -0.1) is 11.3 Å². The third-order valence-electron chi connectivity index (χ3n) is 5.31.